The molecule has 2 aromatic rings. The molecule has 0 radical (unpaired) electrons. The Hall–Kier alpha value is -0.760. The molecule has 1 atom stereocenters. The fraction of sp³-hybridized carbons (Fsp3) is 0.364. The molecule has 0 bridgehead atoms. The van der Waals surface area contributed by atoms with Gasteiger partial charge in [0.15, 0.2) is 0 Å². The molecule has 0 aliphatic rings. The van der Waals surface area contributed by atoms with Crippen LogP contribution in [0.25, 0.3) is 0 Å². The zero-order valence-corrected chi connectivity index (χ0v) is 12.8. The number of hydrogen-bond donors (Lipinski definition) is 1. The van der Waals surface area contributed by atoms with Crippen LogP contribution < -0.4 is 5.32 Å². The highest BCUT2D eigenvalue weighted by molar-refractivity contribution is 14.1. The molecule has 0 amide bonds. The second-order valence-electron chi connectivity index (χ2n) is 3.77. The lowest BCUT2D eigenvalue weighted by molar-refractivity contribution is 0.874. The summed E-state index contributed by atoms with van der Waals surface area (Å²) in [6, 6.07) is 0.213. The number of aryl methyl sites for hydroxylation is 2. The fourth-order valence-electron chi connectivity index (χ4n) is 1.64. The lowest BCUT2D eigenvalue weighted by atomic mass is 10.2. The van der Waals surface area contributed by atoms with Crippen molar-refractivity contribution in [2.24, 2.45) is 0 Å². The molecule has 2 heterocycles. The number of nitrogens with zero attached hydrogens (tertiary/aromatic N) is 3. The van der Waals surface area contributed by atoms with E-state index in [4.69, 9.17) is 0 Å². The highest BCUT2D eigenvalue weighted by Gasteiger charge is 2.14. The minimum atomic E-state index is 0.213. The molecule has 1 unspecified atom stereocenters. The van der Waals surface area contributed by atoms with Crippen LogP contribution in [0.4, 0.5) is 5.82 Å². The van der Waals surface area contributed by atoms with E-state index in [0.717, 1.165) is 20.1 Å². The summed E-state index contributed by atoms with van der Waals surface area (Å²) < 4.78 is 1.02. The number of nitrogens with one attached hydrogen (secondary N) is 1. The molecular weight excluding hydrogens is 347 g/mol. The Morgan fingerprint density at radius 3 is 2.76 bits per heavy atom. The van der Waals surface area contributed by atoms with Crippen LogP contribution in [0, 0.1) is 17.4 Å². The van der Waals surface area contributed by atoms with Gasteiger partial charge in [0.1, 0.15) is 12.1 Å². The summed E-state index contributed by atoms with van der Waals surface area (Å²) in [6.45, 7) is 6.20. The molecule has 90 valence electrons. The Morgan fingerprint density at radius 2 is 2.18 bits per heavy atom. The van der Waals surface area contributed by atoms with Gasteiger partial charge in [-0.1, -0.05) is 0 Å². The Bertz CT molecular complexity index is 526. The lowest BCUT2D eigenvalue weighted by Crippen LogP contribution is -2.09. The first-order valence-electron chi connectivity index (χ1n) is 5.24. The third-order valence-corrected chi connectivity index (χ3v) is 4.40. The molecule has 0 spiro atoms. The first kappa shape index (κ1) is 12.7. The normalized spacial score (nSPS) is 12.5. The van der Waals surface area contributed by atoms with Gasteiger partial charge in [-0.05, 0) is 43.4 Å². The molecule has 2 rings (SSSR count). The maximum Gasteiger partial charge on any atom is 0.143 e. The van der Waals surface area contributed by atoms with Crippen molar-refractivity contribution in [1.82, 2.24) is 15.0 Å². The summed E-state index contributed by atoms with van der Waals surface area (Å²) in [6.07, 6.45) is 3.36. The van der Waals surface area contributed by atoms with Gasteiger partial charge in [-0.25, -0.2) is 15.0 Å². The Labute approximate surface area is 118 Å². The van der Waals surface area contributed by atoms with E-state index in [0.29, 0.717) is 0 Å². The van der Waals surface area contributed by atoms with Gasteiger partial charge in [0.2, 0.25) is 0 Å². The van der Waals surface area contributed by atoms with E-state index < -0.39 is 0 Å². The van der Waals surface area contributed by atoms with E-state index >= 15 is 0 Å². The van der Waals surface area contributed by atoms with Gasteiger partial charge in [-0.3, -0.25) is 0 Å². The molecule has 0 saturated heterocycles. The van der Waals surface area contributed by atoms with Gasteiger partial charge in [-0.2, -0.15) is 0 Å². The van der Waals surface area contributed by atoms with Crippen LogP contribution in [0.1, 0.15) is 28.5 Å². The van der Waals surface area contributed by atoms with E-state index in [1.807, 2.05) is 13.8 Å². The summed E-state index contributed by atoms with van der Waals surface area (Å²) >= 11 is 3.96. The number of anilines is 1. The number of thiazole rings is 1. The monoisotopic (exact) mass is 360 g/mol. The van der Waals surface area contributed by atoms with Crippen molar-refractivity contribution in [1.29, 1.82) is 0 Å². The molecule has 6 heteroatoms. The molecule has 17 heavy (non-hydrogen) atoms. The van der Waals surface area contributed by atoms with E-state index in [2.05, 4.69) is 49.8 Å². The molecule has 0 fully saturated rings. The number of halogens is 1. The molecule has 0 saturated carbocycles. The second kappa shape index (κ2) is 5.26. The quantitative estimate of drug-likeness (QED) is 0.854. The van der Waals surface area contributed by atoms with Gasteiger partial charge in [0.25, 0.3) is 0 Å². The topological polar surface area (TPSA) is 50.7 Å². The van der Waals surface area contributed by atoms with Crippen LogP contribution in [0.15, 0.2) is 12.5 Å². The molecule has 0 aromatic carbocycles. The van der Waals surface area contributed by atoms with Crippen LogP contribution in [-0.2, 0) is 0 Å². The predicted octanol–water partition coefficient (Wildman–Crippen LogP) is 3.33. The van der Waals surface area contributed by atoms with E-state index in [9.17, 15) is 0 Å². The standard InChI is InChI=1S/C11H13IN4S/c1-6-10(17-8(3)15-6)7(2)16-11-9(12)4-13-5-14-11/h4-5,7H,1-3H3,(H,13,14,16). The SMILES string of the molecule is Cc1nc(C)c(C(C)Nc2ncncc2I)s1. The average Bonchev–Trinajstić information content (AvgIpc) is 2.61. The molecule has 1 N–H and O–H groups in total. The summed E-state index contributed by atoms with van der Waals surface area (Å²) in [7, 11) is 0. The Balaban J connectivity index is 2.20. The minimum absolute atomic E-state index is 0.213. The zero-order valence-electron chi connectivity index (χ0n) is 9.86. The van der Waals surface area contributed by atoms with Gasteiger partial charge in [0.05, 0.1) is 20.3 Å². The van der Waals surface area contributed by atoms with Gasteiger partial charge < -0.3 is 5.32 Å². The third kappa shape index (κ3) is 2.92. The molecule has 2 aromatic heterocycles. The van der Waals surface area contributed by atoms with Crippen LogP contribution in [0.2, 0.25) is 0 Å². The fourth-order valence-corrected chi connectivity index (χ4v) is 3.02. The van der Waals surface area contributed by atoms with Crippen molar-refractivity contribution in [3.05, 3.63) is 31.7 Å². The van der Waals surface area contributed by atoms with Crippen LogP contribution in [0.3, 0.4) is 0 Å². The molecule has 0 aliphatic heterocycles. The smallest absolute Gasteiger partial charge is 0.143 e. The number of aromatic nitrogens is 3. The van der Waals surface area contributed by atoms with Gasteiger partial charge >= 0.3 is 0 Å². The van der Waals surface area contributed by atoms with Crippen LogP contribution in [-0.4, -0.2) is 15.0 Å². The Kier molecular flexibility index (Phi) is 3.93. The van der Waals surface area contributed by atoms with Gasteiger partial charge in [-0.15, -0.1) is 11.3 Å². The second-order valence-corrected chi connectivity index (χ2v) is 6.16. The number of hydrogen-bond acceptors (Lipinski definition) is 5. The van der Waals surface area contributed by atoms with Crippen molar-refractivity contribution in [3.63, 3.8) is 0 Å². The number of rotatable bonds is 3. The summed E-state index contributed by atoms with van der Waals surface area (Å²) in [5, 5.41) is 4.49. The maximum atomic E-state index is 4.44. The maximum absolute atomic E-state index is 4.44. The highest BCUT2D eigenvalue weighted by Crippen LogP contribution is 2.27. The summed E-state index contributed by atoms with van der Waals surface area (Å²) in [4.78, 5) is 13.9. The third-order valence-electron chi connectivity index (χ3n) is 2.35. The van der Waals surface area contributed by atoms with E-state index in [1.165, 1.54) is 4.88 Å². The van der Waals surface area contributed by atoms with Crippen LogP contribution >= 0.6 is 33.9 Å². The lowest BCUT2D eigenvalue weighted by Gasteiger charge is -2.14. The van der Waals surface area contributed by atoms with E-state index in [-0.39, 0.29) is 6.04 Å². The largest absolute Gasteiger partial charge is 0.362 e. The highest BCUT2D eigenvalue weighted by atomic mass is 127. The van der Waals surface area contributed by atoms with Crippen molar-refractivity contribution in [2.45, 2.75) is 26.8 Å². The van der Waals surface area contributed by atoms with Crippen LogP contribution in [0.5, 0.6) is 0 Å². The Morgan fingerprint density at radius 1 is 1.41 bits per heavy atom. The van der Waals surface area contributed by atoms with E-state index in [1.54, 1.807) is 23.9 Å². The molecule has 0 aliphatic carbocycles. The van der Waals surface area contributed by atoms with Crippen molar-refractivity contribution in [2.75, 3.05) is 5.32 Å². The average molecular weight is 360 g/mol. The first-order valence-corrected chi connectivity index (χ1v) is 7.13. The summed E-state index contributed by atoms with van der Waals surface area (Å²) in [5.41, 5.74) is 1.09. The summed E-state index contributed by atoms with van der Waals surface area (Å²) in [5.74, 6) is 0.874. The predicted molar refractivity (Wildman–Crippen MR) is 78.4 cm³/mol. The zero-order chi connectivity index (χ0) is 12.4. The molecule has 4 nitrogen and oxygen atoms in total. The van der Waals surface area contributed by atoms with Crippen molar-refractivity contribution in [3.8, 4) is 0 Å². The first-order chi connectivity index (χ1) is 8.08. The minimum Gasteiger partial charge on any atom is -0.362 e. The van der Waals surface area contributed by atoms with Crippen molar-refractivity contribution >= 4 is 39.7 Å². The molecular formula is C11H13IN4S. The van der Waals surface area contributed by atoms with Crippen molar-refractivity contribution < 1.29 is 0 Å². The van der Waals surface area contributed by atoms with Gasteiger partial charge in [0, 0.05) is 11.1 Å².